The van der Waals surface area contributed by atoms with Gasteiger partial charge in [-0.2, -0.15) is 0 Å². The highest BCUT2D eigenvalue weighted by Crippen LogP contribution is 2.25. The monoisotopic (exact) mass is 296 g/mol. The molecule has 1 fully saturated rings. The highest BCUT2D eigenvalue weighted by molar-refractivity contribution is 9.10. The standard InChI is InChI=1S/C14H21BrN2/c1-3-16-14-8-9-17(10-14)11(2)12-4-6-13(15)7-5-12/h4-7,11,14,16H,3,8-10H2,1-2H3. The van der Waals surface area contributed by atoms with Gasteiger partial charge in [-0.1, -0.05) is 35.0 Å². The molecule has 0 amide bonds. The second kappa shape index (κ2) is 5.98. The predicted molar refractivity (Wildman–Crippen MR) is 76.2 cm³/mol. The number of rotatable bonds is 4. The number of nitrogens with zero attached hydrogens (tertiary/aromatic N) is 1. The first-order valence-electron chi connectivity index (χ1n) is 6.43. The summed E-state index contributed by atoms with van der Waals surface area (Å²) in [7, 11) is 0. The van der Waals surface area contributed by atoms with Gasteiger partial charge in [0.25, 0.3) is 0 Å². The zero-order valence-corrected chi connectivity index (χ0v) is 12.2. The molecule has 1 aromatic carbocycles. The largest absolute Gasteiger partial charge is 0.313 e. The van der Waals surface area contributed by atoms with Crippen LogP contribution in [0.4, 0.5) is 0 Å². The normalized spacial score (nSPS) is 22.9. The molecule has 0 radical (unpaired) electrons. The highest BCUT2D eigenvalue weighted by Gasteiger charge is 2.25. The van der Waals surface area contributed by atoms with E-state index in [0.717, 1.165) is 11.0 Å². The van der Waals surface area contributed by atoms with Crippen LogP contribution in [0.1, 0.15) is 31.9 Å². The fraction of sp³-hybridized carbons (Fsp3) is 0.571. The summed E-state index contributed by atoms with van der Waals surface area (Å²) in [5, 5.41) is 3.54. The van der Waals surface area contributed by atoms with E-state index >= 15 is 0 Å². The molecule has 0 aliphatic carbocycles. The fourth-order valence-electron chi connectivity index (χ4n) is 2.55. The van der Waals surface area contributed by atoms with Gasteiger partial charge >= 0.3 is 0 Å². The van der Waals surface area contributed by atoms with Crippen LogP contribution in [0.3, 0.4) is 0 Å². The van der Waals surface area contributed by atoms with Crippen molar-refractivity contribution in [2.24, 2.45) is 0 Å². The van der Waals surface area contributed by atoms with Gasteiger partial charge in [-0.15, -0.1) is 0 Å². The number of likely N-dealkylation sites (tertiary alicyclic amines) is 1. The Hall–Kier alpha value is -0.380. The molecule has 2 atom stereocenters. The van der Waals surface area contributed by atoms with E-state index in [1.807, 2.05) is 0 Å². The Morgan fingerprint density at radius 1 is 1.41 bits per heavy atom. The molecule has 1 saturated heterocycles. The maximum absolute atomic E-state index is 3.54. The number of hydrogen-bond acceptors (Lipinski definition) is 2. The molecule has 1 aliphatic rings. The lowest BCUT2D eigenvalue weighted by atomic mass is 10.1. The van der Waals surface area contributed by atoms with Crippen LogP contribution in [0, 0.1) is 0 Å². The van der Waals surface area contributed by atoms with E-state index in [1.165, 1.54) is 25.1 Å². The van der Waals surface area contributed by atoms with Crippen LogP contribution in [-0.4, -0.2) is 30.6 Å². The molecule has 0 bridgehead atoms. The Morgan fingerprint density at radius 3 is 2.76 bits per heavy atom. The van der Waals surface area contributed by atoms with Gasteiger partial charge < -0.3 is 5.32 Å². The van der Waals surface area contributed by atoms with Gasteiger partial charge in [-0.25, -0.2) is 0 Å². The number of hydrogen-bond donors (Lipinski definition) is 1. The van der Waals surface area contributed by atoms with Gasteiger partial charge in [-0.3, -0.25) is 4.90 Å². The Morgan fingerprint density at radius 2 is 2.12 bits per heavy atom. The number of likely N-dealkylation sites (N-methyl/N-ethyl adjacent to an activating group) is 1. The average molecular weight is 297 g/mol. The van der Waals surface area contributed by atoms with E-state index in [-0.39, 0.29) is 0 Å². The van der Waals surface area contributed by atoms with Crippen molar-refractivity contribution in [1.82, 2.24) is 10.2 Å². The predicted octanol–water partition coefficient (Wildman–Crippen LogP) is 3.19. The summed E-state index contributed by atoms with van der Waals surface area (Å²) >= 11 is 3.48. The summed E-state index contributed by atoms with van der Waals surface area (Å²) in [6.45, 7) is 7.93. The zero-order valence-electron chi connectivity index (χ0n) is 10.6. The van der Waals surface area contributed by atoms with E-state index in [2.05, 4.69) is 64.3 Å². The maximum atomic E-state index is 3.54. The summed E-state index contributed by atoms with van der Waals surface area (Å²) in [5.41, 5.74) is 1.41. The third kappa shape index (κ3) is 3.30. The maximum Gasteiger partial charge on any atom is 0.0320 e. The molecule has 94 valence electrons. The molecule has 1 heterocycles. The van der Waals surface area contributed by atoms with Gasteiger partial charge in [0.2, 0.25) is 0 Å². The fourth-order valence-corrected chi connectivity index (χ4v) is 2.81. The Balaban J connectivity index is 1.96. The summed E-state index contributed by atoms with van der Waals surface area (Å²) in [6.07, 6.45) is 1.27. The van der Waals surface area contributed by atoms with Crippen molar-refractivity contribution >= 4 is 15.9 Å². The molecule has 1 N–H and O–H groups in total. The van der Waals surface area contributed by atoms with E-state index in [4.69, 9.17) is 0 Å². The minimum Gasteiger partial charge on any atom is -0.313 e. The van der Waals surface area contributed by atoms with Crippen molar-refractivity contribution in [1.29, 1.82) is 0 Å². The third-order valence-electron chi connectivity index (χ3n) is 3.61. The lowest BCUT2D eigenvalue weighted by Crippen LogP contribution is -2.33. The van der Waals surface area contributed by atoms with Crippen molar-refractivity contribution in [2.45, 2.75) is 32.4 Å². The average Bonchev–Trinajstić information content (AvgIpc) is 2.78. The number of halogens is 1. The second-order valence-corrected chi connectivity index (χ2v) is 5.68. The molecule has 3 heteroatoms. The molecule has 2 rings (SSSR count). The van der Waals surface area contributed by atoms with Crippen LogP contribution in [-0.2, 0) is 0 Å². The van der Waals surface area contributed by atoms with Crippen molar-refractivity contribution in [3.8, 4) is 0 Å². The molecular formula is C14H21BrN2. The molecule has 0 saturated carbocycles. The van der Waals surface area contributed by atoms with Crippen LogP contribution in [0.5, 0.6) is 0 Å². The highest BCUT2D eigenvalue weighted by atomic mass is 79.9. The summed E-state index contributed by atoms with van der Waals surface area (Å²) in [4.78, 5) is 2.57. The minimum absolute atomic E-state index is 0.520. The summed E-state index contributed by atoms with van der Waals surface area (Å²) < 4.78 is 1.15. The number of benzene rings is 1. The zero-order chi connectivity index (χ0) is 12.3. The number of nitrogens with one attached hydrogen (secondary N) is 1. The van der Waals surface area contributed by atoms with Crippen LogP contribution in [0.15, 0.2) is 28.7 Å². The molecule has 17 heavy (non-hydrogen) atoms. The lowest BCUT2D eigenvalue weighted by molar-refractivity contribution is 0.256. The SMILES string of the molecule is CCNC1CCN(C(C)c2ccc(Br)cc2)C1. The van der Waals surface area contributed by atoms with Crippen LogP contribution in [0.2, 0.25) is 0 Å². The third-order valence-corrected chi connectivity index (χ3v) is 4.14. The Labute approximate surface area is 113 Å². The Bertz CT molecular complexity index is 350. The van der Waals surface area contributed by atoms with Crippen LogP contribution < -0.4 is 5.32 Å². The molecular weight excluding hydrogens is 276 g/mol. The minimum atomic E-state index is 0.520. The first-order valence-corrected chi connectivity index (χ1v) is 7.23. The van der Waals surface area contributed by atoms with Gasteiger partial charge in [0.1, 0.15) is 0 Å². The molecule has 2 nitrogen and oxygen atoms in total. The van der Waals surface area contributed by atoms with Crippen molar-refractivity contribution in [3.63, 3.8) is 0 Å². The smallest absolute Gasteiger partial charge is 0.0320 e. The van der Waals surface area contributed by atoms with E-state index in [0.29, 0.717) is 12.1 Å². The second-order valence-electron chi connectivity index (χ2n) is 4.77. The first-order chi connectivity index (χ1) is 8.20. The van der Waals surface area contributed by atoms with Crippen LogP contribution in [0.25, 0.3) is 0 Å². The quantitative estimate of drug-likeness (QED) is 0.918. The van der Waals surface area contributed by atoms with Crippen molar-refractivity contribution < 1.29 is 0 Å². The van der Waals surface area contributed by atoms with E-state index in [9.17, 15) is 0 Å². The van der Waals surface area contributed by atoms with E-state index < -0.39 is 0 Å². The first kappa shape index (κ1) is 13.1. The van der Waals surface area contributed by atoms with Crippen molar-refractivity contribution in [3.05, 3.63) is 34.3 Å². The van der Waals surface area contributed by atoms with Gasteiger partial charge in [-0.05, 0) is 37.6 Å². The topological polar surface area (TPSA) is 15.3 Å². The van der Waals surface area contributed by atoms with Gasteiger partial charge in [0.15, 0.2) is 0 Å². The molecule has 2 unspecified atom stereocenters. The Kier molecular flexibility index (Phi) is 4.60. The summed E-state index contributed by atoms with van der Waals surface area (Å²) in [6, 6.07) is 9.89. The van der Waals surface area contributed by atoms with Crippen molar-refractivity contribution in [2.75, 3.05) is 19.6 Å². The molecule has 0 spiro atoms. The molecule has 1 aliphatic heterocycles. The van der Waals surface area contributed by atoms with E-state index in [1.54, 1.807) is 0 Å². The van der Waals surface area contributed by atoms with Gasteiger partial charge in [0.05, 0.1) is 0 Å². The molecule has 0 aromatic heterocycles. The van der Waals surface area contributed by atoms with Gasteiger partial charge in [0, 0.05) is 29.6 Å². The summed E-state index contributed by atoms with van der Waals surface area (Å²) in [5.74, 6) is 0. The van der Waals surface area contributed by atoms with Crippen LogP contribution >= 0.6 is 15.9 Å². The molecule has 1 aromatic rings. The lowest BCUT2D eigenvalue weighted by Gasteiger charge is -2.25.